The van der Waals surface area contributed by atoms with Crippen molar-refractivity contribution in [1.82, 2.24) is 4.98 Å². The van der Waals surface area contributed by atoms with Gasteiger partial charge in [-0.15, -0.1) is 0 Å². The van der Waals surface area contributed by atoms with E-state index in [0.29, 0.717) is 36.5 Å². The van der Waals surface area contributed by atoms with E-state index in [-0.39, 0.29) is 41.0 Å². The zero-order chi connectivity index (χ0) is 26.0. The molecule has 0 radical (unpaired) electrons. The van der Waals surface area contributed by atoms with Crippen LogP contribution in [0.3, 0.4) is 0 Å². The van der Waals surface area contributed by atoms with Crippen molar-refractivity contribution >= 4 is 22.3 Å². The van der Waals surface area contributed by atoms with E-state index in [1.807, 2.05) is 6.92 Å². The lowest BCUT2D eigenvalue weighted by Gasteiger charge is -2.38. The van der Waals surface area contributed by atoms with E-state index < -0.39 is 16.7 Å². The van der Waals surface area contributed by atoms with Crippen molar-refractivity contribution in [2.24, 2.45) is 0 Å². The van der Waals surface area contributed by atoms with Crippen LogP contribution in [0.1, 0.15) is 30.9 Å². The third kappa shape index (κ3) is 5.15. The zero-order valence-electron chi connectivity index (χ0n) is 20.0. The smallest absolute Gasteiger partial charge is 0.416 e. The fourth-order valence-corrected chi connectivity index (χ4v) is 4.59. The molecule has 1 saturated heterocycles. The van der Waals surface area contributed by atoms with Gasteiger partial charge >= 0.3 is 11.9 Å². The molecule has 1 unspecified atom stereocenters. The molecule has 192 valence electrons. The van der Waals surface area contributed by atoms with Crippen molar-refractivity contribution in [3.63, 3.8) is 0 Å². The van der Waals surface area contributed by atoms with Gasteiger partial charge in [0.05, 0.1) is 36.3 Å². The molecule has 36 heavy (non-hydrogen) atoms. The monoisotopic (exact) mass is 505 g/mol. The normalized spacial score (nSPS) is 18.2. The van der Waals surface area contributed by atoms with Crippen molar-refractivity contribution in [2.75, 3.05) is 25.7 Å². The van der Waals surface area contributed by atoms with Gasteiger partial charge in [0.1, 0.15) is 23.4 Å². The maximum Gasteiger partial charge on any atom is 0.416 e. The zero-order valence-corrected chi connectivity index (χ0v) is 20.0. The Morgan fingerprint density at radius 2 is 1.97 bits per heavy atom. The lowest BCUT2D eigenvalue weighted by Crippen LogP contribution is -2.42. The second kappa shape index (κ2) is 10.2. The molecule has 1 aliphatic heterocycles. The van der Waals surface area contributed by atoms with E-state index in [4.69, 9.17) is 14.2 Å². The number of fused-ring (bicyclic) bond motifs is 1. The van der Waals surface area contributed by atoms with Crippen LogP contribution in [0, 0.1) is 10.1 Å². The van der Waals surface area contributed by atoms with Crippen LogP contribution in [0.15, 0.2) is 42.6 Å². The van der Waals surface area contributed by atoms with Crippen LogP contribution in [-0.4, -0.2) is 42.9 Å². The van der Waals surface area contributed by atoms with Gasteiger partial charge in [-0.3, -0.25) is 10.1 Å². The molecule has 3 aromatic rings. The second-order valence-corrected chi connectivity index (χ2v) is 8.64. The topological polar surface area (TPSA) is 87.0 Å². The Morgan fingerprint density at radius 1 is 1.19 bits per heavy atom. The van der Waals surface area contributed by atoms with E-state index in [1.165, 1.54) is 20.3 Å². The van der Waals surface area contributed by atoms with Gasteiger partial charge in [0.25, 0.3) is 0 Å². The van der Waals surface area contributed by atoms with Crippen LogP contribution in [0.2, 0.25) is 0 Å². The summed E-state index contributed by atoms with van der Waals surface area (Å²) in [6.07, 6.45) is -2.55. The number of pyridine rings is 1. The highest BCUT2D eigenvalue weighted by Gasteiger charge is 2.35. The molecule has 0 spiro atoms. The summed E-state index contributed by atoms with van der Waals surface area (Å²) in [6, 6.07) is 8.09. The first-order valence-corrected chi connectivity index (χ1v) is 11.4. The fraction of sp³-hybridized carbons (Fsp3) is 0.400. The number of hydrogen-bond acceptors (Lipinski definition) is 7. The predicted molar refractivity (Wildman–Crippen MR) is 128 cm³/mol. The highest BCUT2D eigenvalue weighted by molar-refractivity contribution is 5.97. The number of nitro groups is 1. The summed E-state index contributed by atoms with van der Waals surface area (Å²) in [6.45, 7) is 2.48. The Bertz CT molecular complexity index is 1270. The highest BCUT2D eigenvalue weighted by Crippen LogP contribution is 2.42. The van der Waals surface area contributed by atoms with Crippen molar-refractivity contribution in [3.8, 4) is 11.5 Å². The molecule has 4 rings (SSSR count). The first-order chi connectivity index (χ1) is 17.1. The number of methoxy groups -OCH3 is 2. The third-order valence-electron chi connectivity index (χ3n) is 6.36. The molecule has 0 N–H and O–H groups in total. The molecule has 8 nitrogen and oxygen atoms in total. The molecule has 0 aliphatic carbocycles. The second-order valence-electron chi connectivity index (χ2n) is 8.64. The summed E-state index contributed by atoms with van der Waals surface area (Å²) < 4.78 is 57.3. The summed E-state index contributed by atoms with van der Waals surface area (Å²) in [5.74, 6) is 1.06. The SMILES string of the molecule is COc1ccc(CN(c2c([N+](=O)[O-])cnc3ccc(C(F)(F)F)cc23)C2CCO[C@H](C)C2)c(OC)c1. The molecular weight excluding hydrogens is 479 g/mol. The van der Waals surface area contributed by atoms with Crippen molar-refractivity contribution in [3.05, 3.63) is 63.8 Å². The van der Waals surface area contributed by atoms with Gasteiger partial charge < -0.3 is 19.1 Å². The average Bonchev–Trinajstić information content (AvgIpc) is 2.85. The first kappa shape index (κ1) is 25.5. The van der Waals surface area contributed by atoms with Crippen LogP contribution >= 0.6 is 0 Å². The summed E-state index contributed by atoms with van der Waals surface area (Å²) in [4.78, 5) is 17.4. The highest BCUT2D eigenvalue weighted by atomic mass is 19.4. The molecule has 2 atom stereocenters. The van der Waals surface area contributed by atoms with Gasteiger partial charge in [0, 0.05) is 36.2 Å². The van der Waals surface area contributed by atoms with Crippen LogP contribution < -0.4 is 14.4 Å². The Kier molecular flexibility index (Phi) is 7.21. The molecule has 0 amide bonds. The van der Waals surface area contributed by atoms with E-state index in [2.05, 4.69) is 4.98 Å². The maximum atomic E-state index is 13.6. The molecule has 0 bridgehead atoms. The van der Waals surface area contributed by atoms with Gasteiger partial charge in [-0.25, -0.2) is 4.98 Å². The van der Waals surface area contributed by atoms with Gasteiger partial charge in [-0.2, -0.15) is 13.2 Å². The first-order valence-electron chi connectivity index (χ1n) is 11.4. The number of halogens is 3. The molecule has 2 heterocycles. The standard InChI is InChI=1S/C25H26F3N3O5/c1-15-10-18(8-9-36-15)30(14-16-4-6-19(34-2)12-23(16)35-3)24-20-11-17(25(26,27)28)5-7-21(20)29-13-22(24)31(32)33/h4-7,11-13,15,18H,8-10,14H2,1-3H3/t15-,18?/m1/s1. The van der Waals surface area contributed by atoms with Gasteiger partial charge in [-0.05, 0) is 50.1 Å². The van der Waals surface area contributed by atoms with Crippen LogP contribution in [0.4, 0.5) is 24.5 Å². The number of rotatable bonds is 7. The Labute approximate surface area is 205 Å². The Balaban J connectivity index is 1.95. The third-order valence-corrected chi connectivity index (χ3v) is 6.36. The van der Waals surface area contributed by atoms with E-state index in [1.54, 1.807) is 23.1 Å². The molecule has 0 saturated carbocycles. The van der Waals surface area contributed by atoms with E-state index >= 15 is 0 Å². The number of aromatic nitrogens is 1. The molecular formula is C25H26F3N3O5. The number of ether oxygens (including phenoxy) is 3. The van der Waals surface area contributed by atoms with Crippen molar-refractivity contribution in [1.29, 1.82) is 0 Å². The molecule has 1 aromatic heterocycles. The van der Waals surface area contributed by atoms with Gasteiger partial charge in [0.2, 0.25) is 0 Å². The Hall–Kier alpha value is -3.60. The van der Waals surface area contributed by atoms with Crippen LogP contribution in [-0.2, 0) is 17.5 Å². The summed E-state index contributed by atoms with van der Waals surface area (Å²) in [5.41, 5.74) is -0.249. The lowest BCUT2D eigenvalue weighted by molar-refractivity contribution is -0.384. The van der Waals surface area contributed by atoms with E-state index in [9.17, 15) is 23.3 Å². The number of nitrogens with zero attached hydrogens (tertiary/aromatic N) is 3. The number of benzene rings is 2. The Morgan fingerprint density at radius 3 is 2.61 bits per heavy atom. The summed E-state index contributed by atoms with van der Waals surface area (Å²) >= 11 is 0. The van der Waals surface area contributed by atoms with Gasteiger partial charge in [-0.1, -0.05) is 0 Å². The number of anilines is 1. The minimum atomic E-state index is -4.62. The quantitative estimate of drug-likeness (QED) is 0.298. The van der Waals surface area contributed by atoms with Crippen molar-refractivity contribution < 1.29 is 32.3 Å². The minimum Gasteiger partial charge on any atom is -0.497 e. The predicted octanol–water partition coefficient (Wildman–Crippen LogP) is 5.75. The largest absolute Gasteiger partial charge is 0.497 e. The van der Waals surface area contributed by atoms with Crippen LogP contribution in [0.25, 0.3) is 10.9 Å². The molecule has 1 fully saturated rings. The fourth-order valence-electron chi connectivity index (χ4n) is 4.59. The number of alkyl halides is 3. The summed E-state index contributed by atoms with van der Waals surface area (Å²) in [7, 11) is 3.02. The minimum absolute atomic E-state index is 0.0608. The van der Waals surface area contributed by atoms with E-state index in [0.717, 1.165) is 18.3 Å². The lowest BCUT2D eigenvalue weighted by atomic mass is 9.98. The molecule has 2 aromatic carbocycles. The van der Waals surface area contributed by atoms with Crippen molar-refractivity contribution in [2.45, 2.75) is 44.6 Å². The maximum absolute atomic E-state index is 13.6. The van der Waals surface area contributed by atoms with Gasteiger partial charge in [0.15, 0.2) is 0 Å². The van der Waals surface area contributed by atoms with Crippen LogP contribution in [0.5, 0.6) is 11.5 Å². The average molecular weight is 505 g/mol. The molecule has 11 heteroatoms. The summed E-state index contributed by atoms with van der Waals surface area (Å²) in [5, 5.41) is 12.2. The number of hydrogen-bond donors (Lipinski definition) is 0. The molecule has 1 aliphatic rings.